The highest BCUT2D eigenvalue weighted by atomic mass is 16.5. The second kappa shape index (κ2) is 6.74. The average molecular weight is 233 g/mol. The van der Waals surface area contributed by atoms with E-state index in [-0.39, 0.29) is 5.97 Å². The van der Waals surface area contributed by atoms with Crippen molar-refractivity contribution in [3.8, 4) is 0 Å². The summed E-state index contributed by atoms with van der Waals surface area (Å²) in [6, 6.07) is 9.87. The molecule has 0 saturated heterocycles. The van der Waals surface area contributed by atoms with Crippen LogP contribution in [-0.2, 0) is 9.53 Å². The molecule has 0 aromatic heterocycles. The van der Waals surface area contributed by atoms with Gasteiger partial charge >= 0.3 is 5.97 Å². The van der Waals surface area contributed by atoms with Crippen LogP contribution in [0.1, 0.15) is 25.8 Å². The van der Waals surface area contributed by atoms with Gasteiger partial charge in [0.25, 0.3) is 0 Å². The van der Waals surface area contributed by atoms with Crippen LogP contribution in [0.15, 0.2) is 36.0 Å². The largest absolute Gasteiger partial charge is 0.466 e. The Morgan fingerprint density at radius 1 is 1.29 bits per heavy atom. The van der Waals surface area contributed by atoms with Crippen molar-refractivity contribution in [3.05, 3.63) is 41.6 Å². The van der Waals surface area contributed by atoms with Gasteiger partial charge in [-0.05, 0) is 25.0 Å². The van der Waals surface area contributed by atoms with Crippen molar-refractivity contribution < 1.29 is 9.53 Å². The molecule has 17 heavy (non-hydrogen) atoms. The molecule has 0 atom stereocenters. The van der Waals surface area contributed by atoms with E-state index in [9.17, 15) is 4.79 Å². The highest BCUT2D eigenvalue weighted by molar-refractivity contribution is 5.86. The van der Waals surface area contributed by atoms with Crippen molar-refractivity contribution in [1.82, 2.24) is 5.32 Å². The van der Waals surface area contributed by atoms with Gasteiger partial charge in [-0.3, -0.25) is 4.79 Å². The predicted octanol–water partition coefficient (Wildman–Crippen LogP) is 2.59. The summed E-state index contributed by atoms with van der Waals surface area (Å²) < 4.78 is 4.99. The van der Waals surface area contributed by atoms with Gasteiger partial charge in [-0.15, -0.1) is 0 Å². The Bertz CT molecular complexity index is 396. The standard InChI is InChI=1S/C14H19NO2/c1-4-17-14(16)10-13(11(2)15-3)12-8-6-5-7-9-12/h5-9,15H,4,10H2,1-3H3/b13-11-. The number of carbonyl (C=O) groups is 1. The molecule has 3 heteroatoms. The van der Waals surface area contributed by atoms with Crippen LogP contribution >= 0.6 is 0 Å². The normalized spacial score (nSPS) is 11.7. The molecule has 0 heterocycles. The SMILES string of the molecule is CCOC(=O)C/C(=C(\C)NC)c1ccccc1. The Hall–Kier alpha value is -1.77. The van der Waals surface area contributed by atoms with Gasteiger partial charge in [-0.1, -0.05) is 30.3 Å². The number of hydrogen-bond donors (Lipinski definition) is 1. The van der Waals surface area contributed by atoms with Crippen molar-refractivity contribution >= 4 is 11.5 Å². The van der Waals surface area contributed by atoms with E-state index in [0.29, 0.717) is 13.0 Å². The van der Waals surface area contributed by atoms with Crippen LogP contribution in [0, 0.1) is 0 Å². The minimum Gasteiger partial charge on any atom is -0.466 e. The molecule has 0 aliphatic heterocycles. The highest BCUT2D eigenvalue weighted by Crippen LogP contribution is 2.21. The summed E-state index contributed by atoms with van der Waals surface area (Å²) in [5, 5.41) is 3.08. The Balaban J connectivity index is 2.95. The Kier molecular flexibility index (Phi) is 5.27. The monoisotopic (exact) mass is 233 g/mol. The second-order valence-corrected chi connectivity index (χ2v) is 3.70. The highest BCUT2D eigenvalue weighted by Gasteiger charge is 2.11. The van der Waals surface area contributed by atoms with Gasteiger partial charge < -0.3 is 10.1 Å². The van der Waals surface area contributed by atoms with E-state index in [1.165, 1.54) is 0 Å². The van der Waals surface area contributed by atoms with Crippen LogP contribution in [0.4, 0.5) is 0 Å². The molecule has 0 aliphatic carbocycles. The quantitative estimate of drug-likeness (QED) is 0.794. The molecule has 3 nitrogen and oxygen atoms in total. The lowest BCUT2D eigenvalue weighted by Gasteiger charge is -2.12. The molecular formula is C14H19NO2. The molecule has 0 amide bonds. The number of carbonyl (C=O) groups excluding carboxylic acids is 1. The van der Waals surface area contributed by atoms with E-state index < -0.39 is 0 Å². The number of nitrogens with one attached hydrogen (secondary N) is 1. The maximum atomic E-state index is 11.6. The Morgan fingerprint density at radius 2 is 1.94 bits per heavy atom. The molecule has 92 valence electrons. The smallest absolute Gasteiger partial charge is 0.310 e. The summed E-state index contributed by atoms with van der Waals surface area (Å²) in [4.78, 5) is 11.6. The van der Waals surface area contributed by atoms with Gasteiger partial charge in [0.2, 0.25) is 0 Å². The first-order valence-electron chi connectivity index (χ1n) is 5.77. The van der Waals surface area contributed by atoms with Gasteiger partial charge in [-0.2, -0.15) is 0 Å². The lowest BCUT2D eigenvalue weighted by molar-refractivity contribution is -0.141. The minimum absolute atomic E-state index is 0.194. The number of rotatable bonds is 5. The summed E-state index contributed by atoms with van der Waals surface area (Å²) in [5.41, 5.74) is 3.02. The van der Waals surface area contributed by atoms with E-state index in [0.717, 1.165) is 16.8 Å². The first kappa shape index (κ1) is 13.3. The van der Waals surface area contributed by atoms with Crippen molar-refractivity contribution in [2.75, 3.05) is 13.7 Å². The van der Waals surface area contributed by atoms with Gasteiger partial charge in [0.1, 0.15) is 0 Å². The van der Waals surface area contributed by atoms with E-state index >= 15 is 0 Å². The first-order valence-corrected chi connectivity index (χ1v) is 5.77. The van der Waals surface area contributed by atoms with Gasteiger partial charge in [0, 0.05) is 12.7 Å². The third-order valence-corrected chi connectivity index (χ3v) is 2.58. The average Bonchev–Trinajstić information content (AvgIpc) is 2.36. The molecule has 0 unspecified atom stereocenters. The number of allylic oxidation sites excluding steroid dienone is 1. The zero-order chi connectivity index (χ0) is 12.7. The Morgan fingerprint density at radius 3 is 2.47 bits per heavy atom. The molecule has 1 rings (SSSR count). The summed E-state index contributed by atoms with van der Waals surface area (Å²) >= 11 is 0. The molecule has 0 radical (unpaired) electrons. The van der Waals surface area contributed by atoms with Crippen LogP contribution in [0.25, 0.3) is 5.57 Å². The van der Waals surface area contributed by atoms with E-state index in [1.54, 1.807) is 0 Å². The molecule has 0 spiro atoms. The third-order valence-electron chi connectivity index (χ3n) is 2.58. The van der Waals surface area contributed by atoms with Crippen molar-refractivity contribution in [1.29, 1.82) is 0 Å². The third kappa shape index (κ3) is 3.94. The topological polar surface area (TPSA) is 38.3 Å². The van der Waals surface area contributed by atoms with E-state index in [1.807, 2.05) is 51.2 Å². The van der Waals surface area contributed by atoms with Gasteiger partial charge in [-0.25, -0.2) is 0 Å². The van der Waals surface area contributed by atoms with Gasteiger partial charge in [0.15, 0.2) is 0 Å². The van der Waals surface area contributed by atoms with Crippen LogP contribution in [-0.4, -0.2) is 19.6 Å². The maximum absolute atomic E-state index is 11.6. The predicted molar refractivity (Wildman–Crippen MR) is 69.3 cm³/mol. The fourth-order valence-corrected chi connectivity index (χ4v) is 1.60. The summed E-state index contributed by atoms with van der Waals surface area (Å²) in [6.07, 6.45) is 0.296. The zero-order valence-corrected chi connectivity index (χ0v) is 10.6. The molecular weight excluding hydrogens is 214 g/mol. The van der Waals surface area contributed by atoms with E-state index in [4.69, 9.17) is 4.74 Å². The Labute approximate surface area is 102 Å². The molecule has 1 aromatic carbocycles. The minimum atomic E-state index is -0.194. The molecule has 0 fully saturated rings. The van der Waals surface area contributed by atoms with Crippen LogP contribution < -0.4 is 5.32 Å². The number of hydrogen-bond acceptors (Lipinski definition) is 3. The summed E-state index contributed by atoms with van der Waals surface area (Å²) in [7, 11) is 1.85. The zero-order valence-electron chi connectivity index (χ0n) is 10.6. The number of benzene rings is 1. The maximum Gasteiger partial charge on any atom is 0.310 e. The summed E-state index contributed by atoms with van der Waals surface area (Å²) in [6.45, 7) is 4.19. The van der Waals surface area contributed by atoms with E-state index in [2.05, 4.69) is 5.32 Å². The van der Waals surface area contributed by atoms with Crippen LogP contribution in [0.5, 0.6) is 0 Å². The first-order chi connectivity index (χ1) is 8.19. The summed E-state index contributed by atoms with van der Waals surface area (Å²) in [5.74, 6) is -0.194. The van der Waals surface area contributed by atoms with Crippen molar-refractivity contribution in [3.63, 3.8) is 0 Å². The lowest BCUT2D eigenvalue weighted by Crippen LogP contribution is -2.10. The fraction of sp³-hybridized carbons (Fsp3) is 0.357. The lowest BCUT2D eigenvalue weighted by atomic mass is 10.0. The van der Waals surface area contributed by atoms with Crippen LogP contribution in [0.2, 0.25) is 0 Å². The van der Waals surface area contributed by atoms with Gasteiger partial charge in [0.05, 0.1) is 13.0 Å². The molecule has 0 aliphatic rings. The molecule has 1 aromatic rings. The van der Waals surface area contributed by atoms with Crippen molar-refractivity contribution in [2.24, 2.45) is 0 Å². The molecule has 1 N–H and O–H groups in total. The second-order valence-electron chi connectivity index (χ2n) is 3.70. The number of esters is 1. The molecule has 0 bridgehead atoms. The van der Waals surface area contributed by atoms with Crippen LogP contribution in [0.3, 0.4) is 0 Å². The fourth-order valence-electron chi connectivity index (χ4n) is 1.60. The van der Waals surface area contributed by atoms with Crippen molar-refractivity contribution in [2.45, 2.75) is 20.3 Å². The molecule has 0 saturated carbocycles. The number of ether oxygens (including phenoxy) is 1.